The second-order valence-electron chi connectivity index (χ2n) is 8.25. The molecule has 0 fully saturated rings. The number of fused-ring (bicyclic) bond motifs is 1. The predicted octanol–water partition coefficient (Wildman–Crippen LogP) is 5.23. The smallest absolute Gasteiger partial charge is 0.322 e. The number of benzene rings is 2. The summed E-state index contributed by atoms with van der Waals surface area (Å²) in [5.41, 5.74) is 1.52. The van der Waals surface area contributed by atoms with Crippen molar-refractivity contribution in [2.24, 2.45) is 0 Å². The van der Waals surface area contributed by atoms with Crippen LogP contribution in [0.3, 0.4) is 0 Å². The van der Waals surface area contributed by atoms with Crippen molar-refractivity contribution in [3.8, 4) is 5.75 Å². The Bertz CT molecular complexity index is 1210. The molecule has 3 aromatic rings. The highest BCUT2D eigenvalue weighted by Gasteiger charge is 2.33. The van der Waals surface area contributed by atoms with Crippen molar-refractivity contribution >= 4 is 40.6 Å². The minimum Gasteiger partial charge on any atom is -0.488 e. The topological polar surface area (TPSA) is 71.1 Å². The summed E-state index contributed by atoms with van der Waals surface area (Å²) in [4.78, 5) is 30.8. The molecule has 0 unspecified atom stereocenters. The standard InChI is InChI=1S/C26H27ClFN3O4S/c1-34-13-12-30(26(33)29-19-6-4-5-18(27)15-19)16-25(32)31-11-9-24-20(10-14-36-24)22(31)17-35-23-8-3-2-7-21(23)28/h2-8,10,14-15,22H,9,11-13,16-17H2,1H3,(H,29,33)/t22-/m0/s1. The van der Waals surface area contributed by atoms with Gasteiger partial charge in [0, 0.05) is 35.8 Å². The fraction of sp³-hybridized carbons (Fsp3) is 0.308. The average molecular weight is 532 g/mol. The maximum Gasteiger partial charge on any atom is 0.322 e. The van der Waals surface area contributed by atoms with Crippen LogP contribution >= 0.6 is 22.9 Å². The lowest BCUT2D eigenvalue weighted by molar-refractivity contribution is -0.135. The third-order valence-corrected chi connectivity index (χ3v) is 7.13. The second-order valence-corrected chi connectivity index (χ2v) is 9.69. The third kappa shape index (κ3) is 6.34. The molecule has 36 heavy (non-hydrogen) atoms. The van der Waals surface area contributed by atoms with Gasteiger partial charge in [-0.15, -0.1) is 11.3 Å². The maximum atomic E-state index is 14.1. The first kappa shape index (κ1) is 25.9. The van der Waals surface area contributed by atoms with E-state index in [9.17, 15) is 14.0 Å². The summed E-state index contributed by atoms with van der Waals surface area (Å²) < 4.78 is 25.1. The molecule has 10 heteroatoms. The molecule has 1 aromatic heterocycles. The molecule has 1 aliphatic heterocycles. The van der Waals surface area contributed by atoms with Crippen LogP contribution < -0.4 is 10.1 Å². The Morgan fingerprint density at radius 3 is 2.83 bits per heavy atom. The van der Waals surface area contributed by atoms with E-state index in [4.69, 9.17) is 21.1 Å². The van der Waals surface area contributed by atoms with E-state index in [0.29, 0.717) is 23.7 Å². The van der Waals surface area contributed by atoms with E-state index in [-0.39, 0.29) is 38.0 Å². The van der Waals surface area contributed by atoms with Crippen LogP contribution in [0, 0.1) is 5.82 Å². The van der Waals surface area contributed by atoms with Crippen molar-refractivity contribution in [3.63, 3.8) is 0 Å². The monoisotopic (exact) mass is 531 g/mol. The van der Waals surface area contributed by atoms with Gasteiger partial charge in [0.1, 0.15) is 13.2 Å². The van der Waals surface area contributed by atoms with E-state index >= 15 is 0 Å². The lowest BCUT2D eigenvalue weighted by Gasteiger charge is -2.37. The minimum atomic E-state index is -0.458. The van der Waals surface area contributed by atoms with Crippen LogP contribution in [0.15, 0.2) is 60.0 Å². The third-order valence-electron chi connectivity index (χ3n) is 5.90. The van der Waals surface area contributed by atoms with Crippen LogP contribution in [0.4, 0.5) is 14.9 Å². The van der Waals surface area contributed by atoms with Crippen molar-refractivity contribution < 1.29 is 23.5 Å². The van der Waals surface area contributed by atoms with Crippen molar-refractivity contribution in [1.29, 1.82) is 0 Å². The van der Waals surface area contributed by atoms with Gasteiger partial charge in [-0.3, -0.25) is 4.79 Å². The predicted molar refractivity (Wildman–Crippen MR) is 138 cm³/mol. The molecule has 0 spiro atoms. The zero-order valence-electron chi connectivity index (χ0n) is 19.8. The number of nitrogens with one attached hydrogen (secondary N) is 1. The van der Waals surface area contributed by atoms with Gasteiger partial charge < -0.3 is 24.6 Å². The number of para-hydroxylation sites is 1. The Balaban J connectivity index is 1.49. The molecule has 0 radical (unpaired) electrons. The van der Waals surface area contributed by atoms with Crippen molar-refractivity contribution in [3.05, 3.63) is 81.3 Å². The number of methoxy groups -OCH3 is 1. The summed E-state index contributed by atoms with van der Waals surface area (Å²) in [7, 11) is 1.54. The van der Waals surface area contributed by atoms with Gasteiger partial charge in [0.05, 0.1) is 12.6 Å². The molecule has 0 aliphatic carbocycles. The zero-order chi connectivity index (χ0) is 25.5. The molecule has 1 N–H and O–H groups in total. The van der Waals surface area contributed by atoms with E-state index in [1.165, 1.54) is 23.0 Å². The highest BCUT2D eigenvalue weighted by Crippen LogP contribution is 2.34. The minimum absolute atomic E-state index is 0.100. The molecular weight excluding hydrogens is 505 g/mol. The van der Waals surface area contributed by atoms with Gasteiger partial charge in [-0.05, 0) is 53.8 Å². The molecule has 1 atom stereocenters. The first-order valence-corrected chi connectivity index (χ1v) is 12.8. The fourth-order valence-electron chi connectivity index (χ4n) is 4.08. The number of ether oxygens (including phenoxy) is 2. The van der Waals surface area contributed by atoms with E-state index in [2.05, 4.69) is 5.32 Å². The number of hydrogen-bond donors (Lipinski definition) is 1. The second kappa shape index (κ2) is 12.2. The van der Waals surface area contributed by atoms with Crippen LogP contribution in [0.25, 0.3) is 0 Å². The highest BCUT2D eigenvalue weighted by atomic mass is 35.5. The van der Waals surface area contributed by atoms with Gasteiger partial charge in [-0.25, -0.2) is 9.18 Å². The number of carbonyl (C=O) groups excluding carboxylic acids is 2. The van der Waals surface area contributed by atoms with Crippen LogP contribution in [-0.2, 0) is 16.0 Å². The molecule has 3 amide bonds. The molecular formula is C26H27ClFN3O4S. The van der Waals surface area contributed by atoms with Gasteiger partial charge in [0.15, 0.2) is 11.6 Å². The number of urea groups is 1. The molecule has 1 aliphatic rings. The number of rotatable bonds is 9. The van der Waals surface area contributed by atoms with Gasteiger partial charge in [-0.1, -0.05) is 29.8 Å². The molecule has 0 saturated heterocycles. The Labute approximate surface area is 218 Å². The zero-order valence-corrected chi connectivity index (χ0v) is 21.4. The highest BCUT2D eigenvalue weighted by molar-refractivity contribution is 7.10. The summed E-state index contributed by atoms with van der Waals surface area (Å²) in [5.74, 6) is -0.554. The van der Waals surface area contributed by atoms with Gasteiger partial charge in [0.2, 0.25) is 5.91 Å². The number of thiophene rings is 1. The van der Waals surface area contributed by atoms with Gasteiger partial charge >= 0.3 is 6.03 Å². The molecule has 0 saturated carbocycles. The Kier molecular flexibility index (Phi) is 8.79. The van der Waals surface area contributed by atoms with E-state index in [1.54, 1.807) is 58.7 Å². The molecule has 0 bridgehead atoms. The van der Waals surface area contributed by atoms with Crippen LogP contribution in [-0.4, -0.2) is 61.7 Å². The average Bonchev–Trinajstić information content (AvgIpc) is 3.35. The van der Waals surface area contributed by atoms with Gasteiger partial charge in [-0.2, -0.15) is 0 Å². The SMILES string of the molecule is COCCN(CC(=O)N1CCc2sccc2[C@@H]1COc1ccccc1F)C(=O)Nc1cccc(Cl)c1. The molecule has 4 rings (SSSR count). The van der Waals surface area contributed by atoms with Crippen LogP contribution in [0.2, 0.25) is 5.02 Å². The Hall–Kier alpha value is -3.14. The number of nitrogens with zero attached hydrogens (tertiary/aromatic N) is 2. The van der Waals surface area contributed by atoms with Crippen molar-refractivity contribution in [1.82, 2.24) is 9.80 Å². The summed E-state index contributed by atoms with van der Waals surface area (Å²) in [6.45, 7) is 0.924. The Morgan fingerprint density at radius 1 is 1.22 bits per heavy atom. The molecule has 7 nitrogen and oxygen atoms in total. The Morgan fingerprint density at radius 2 is 2.06 bits per heavy atom. The van der Waals surface area contributed by atoms with Crippen molar-refractivity contribution in [2.45, 2.75) is 12.5 Å². The lowest BCUT2D eigenvalue weighted by atomic mass is 10.0. The van der Waals surface area contributed by atoms with Crippen LogP contribution in [0.1, 0.15) is 16.5 Å². The first-order chi connectivity index (χ1) is 17.5. The summed E-state index contributed by atoms with van der Waals surface area (Å²) in [6, 6.07) is 14.1. The normalized spacial score (nSPS) is 14.8. The van der Waals surface area contributed by atoms with Gasteiger partial charge in [0.25, 0.3) is 0 Å². The first-order valence-electron chi connectivity index (χ1n) is 11.5. The number of carbonyl (C=O) groups is 2. The summed E-state index contributed by atoms with van der Waals surface area (Å²) in [6.07, 6.45) is 0.710. The number of halogens is 2. The largest absolute Gasteiger partial charge is 0.488 e. The summed E-state index contributed by atoms with van der Waals surface area (Å²) >= 11 is 7.66. The quantitative estimate of drug-likeness (QED) is 0.410. The fourth-order valence-corrected chi connectivity index (χ4v) is 5.20. The van der Waals surface area contributed by atoms with E-state index < -0.39 is 17.9 Å². The molecule has 2 heterocycles. The molecule has 190 valence electrons. The lowest BCUT2D eigenvalue weighted by Crippen LogP contribution is -2.49. The van der Waals surface area contributed by atoms with E-state index in [1.807, 2.05) is 11.4 Å². The van der Waals surface area contributed by atoms with Crippen molar-refractivity contribution in [2.75, 3.05) is 45.3 Å². The maximum absolute atomic E-state index is 14.1. The van der Waals surface area contributed by atoms with Crippen LogP contribution in [0.5, 0.6) is 5.75 Å². The number of anilines is 1. The number of hydrogen-bond acceptors (Lipinski definition) is 5. The van der Waals surface area contributed by atoms with E-state index in [0.717, 1.165) is 5.56 Å². The number of amides is 3. The summed E-state index contributed by atoms with van der Waals surface area (Å²) in [5, 5.41) is 5.26. The molecule has 2 aromatic carbocycles.